The first-order valence-corrected chi connectivity index (χ1v) is 5.66. The van der Waals surface area contributed by atoms with E-state index in [0.717, 1.165) is 16.7 Å². The Morgan fingerprint density at radius 2 is 1.12 bits per heavy atom. The molecular formula is C17H22. The summed E-state index contributed by atoms with van der Waals surface area (Å²) in [5.41, 5.74) is 4.56. The van der Waals surface area contributed by atoms with Crippen LogP contribution < -0.4 is 0 Å². The van der Waals surface area contributed by atoms with E-state index in [1.165, 1.54) is 5.57 Å². The predicted molar refractivity (Wildman–Crippen MR) is 79.9 cm³/mol. The molecule has 0 aromatic rings. The van der Waals surface area contributed by atoms with Crippen molar-refractivity contribution in [3.05, 3.63) is 84.6 Å². The molecule has 17 heavy (non-hydrogen) atoms. The second-order valence-electron chi connectivity index (χ2n) is 3.91. The first kappa shape index (κ1) is 15.2. The van der Waals surface area contributed by atoms with Crippen molar-refractivity contribution in [3.8, 4) is 0 Å². The average molecular weight is 226 g/mol. The van der Waals surface area contributed by atoms with Gasteiger partial charge in [-0.05, 0) is 31.9 Å². The fourth-order valence-electron chi connectivity index (χ4n) is 1.07. The second kappa shape index (κ2) is 8.35. The summed E-state index contributed by atoms with van der Waals surface area (Å²) in [6.07, 6.45) is 13.7. The van der Waals surface area contributed by atoms with E-state index in [2.05, 4.69) is 32.7 Å². The number of hydrogen-bond acceptors (Lipinski definition) is 0. The van der Waals surface area contributed by atoms with Crippen LogP contribution in [-0.2, 0) is 0 Å². The molecule has 0 amide bonds. The fraction of sp³-hybridized carbons (Fsp3) is 0.176. The molecule has 0 aromatic carbocycles. The summed E-state index contributed by atoms with van der Waals surface area (Å²) in [6, 6.07) is 0. The molecular weight excluding hydrogens is 204 g/mol. The average Bonchev–Trinajstić information content (AvgIpc) is 2.35. The molecule has 0 bridgehead atoms. The highest BCUT2D eigenvalue weighted by Gasteiger charge is 1.92. The summed E-state index contributed by atoms with van der Waals surface area (Å²) >= 11 is 0. The summed E-state index contributed by atoms with van der Waals surface area (Å²) in [5, 5.41) is 0. The summed E-state index contributed by atoms with van der Waals surface area (Å²) in [5.74, 6) is 0. The maximum Gasteiger partial charge on any atom is -0.0233 e. The van der Waals surface area contributed by atoms with Crippen LogP contribution in [0.3, 0.4) is 0 Å². The standard InChI is InChI=1S/C17H22/c1-7-14(4)10-12-16(6)17(9-3)13-11-15(5)8-2/h7-13H,1-3H2,4-6H3/b14-10-,15-11-,16-12+,17-13+. The van der Waals surface area contributed by atoms with Gasteiger partial charge in [0.25, 0.3) is 0 Å². The molecule has 0 aliphatic heterocycles. The molecule has 0 saturated carbocycles. The van der Waals surface area contributed by atoms with E-state index in [9.17, 15) is 0 Å². The van der Waals surface area contributed by atoms with Crippen molar-refractivity contribution in [1.82, 2.24) is 0 Å². The lowest BCUT2D eigenvalue weighted by atomic mass is 10.1. The van der Waals surface area contributed by atoms with Crippen LogP contribution in [0.1, 0.15) is 20.8 Å². The minimum atomic E-state index is 1.11. The van der Waals surface area contributed by atoms with Gasteiger partial charge >= 0.3 is 0 Å². The van der Waals surface area contributed by atoms with Crippen molar-refractivity contribution in [2.24, 2.45) is 0 Å². The third-order valence-electron chi connectivity index (χ3n) is 2.44. The summed E-state index contributed by atoms with van der Waals surface area (Å²) in [4.78, 5) is 0. The minimum Gasteiger partial charge on any atom is -0.0988 e. The van der Waals surface area contributed by atoms with Crippen molar-refractivity contribution >= 4 is 0 Å². The monoisotopic (exact) mass is 226 g/mol. The van der Waals surface area contributed by atoms with Crippen LogP contribution in [0.5, 0.6) is 0 Å². The quantitative estimate of drug-likeness (QED) is 0.538. The van der Waals surface area contributed by atoms with Gasteiger partial charge in [-0.3, -0.25) is 0 Å². The van der Waals surface area contributed by atoms with Gasteiger partial charge in [0, 0.05) is 0 Å². The van der Waals surface area contributed by atoms with Crippen LogP contribution in [0.2, 0.25) is 0 Å². The molecule has 0 heteroatoms. The van der Waals surface area contributed by atoms with Gasteiger partial charge in [0.1, 0.15) is 0 Å². The zero-order chi connectivity index (χ0) is 13.3. The zero-order valence-corrected chi connectivity index (χ0v) is 11.2. The molecule has 0 spiro atoms. The van der Waals surface area contributed by atoms with E-state index in [1.807, 2.05) is 50.3 Å². The smallest absolute Gasteiger partial charge is 0.0233 e. The summed E-state index contributed by atoms with van der Waals surface area (Å²) in [7, 11) is 0. The van der Waals surface area contributed by atoms with Crippen LogP contribution in [0.15, 0.2) is 84.6 Å². The molecule has 0 unspecified atom stereocenters. The third kappa shape index (κ3) is 6.36. The molecule has 0 aliphatic rings. The van der Waals surface area contributed by atoms with Crippen LogP contribution in [0, 0.1) is 0 Å². The van der Waals surface area contributed by atoms with Gasteiger partial charge in [0.05, 0.1) is 0 Å². The Kier molecular flexibility index (Phi) is 7.45. The van der Waals surface area contributed by atoms with Crippen molar-refractivity contribution in [1.29, 1.82) is 0 Å². The van der Waals surface area contributed by atoms with Gasteiger partial charge in [0.15, 0.2) is 0 Å². The van der Waals surface area contributed by atoms with E-state index in [-0.39, 0.29) is 0 Å². The Labute approximate surface area is 106 Å². The molecule has 0 radical (unpaired) electrons. The first-order valence-electron chi connectivity index (χ1n) is 5.66. The molecule has 0 atom stereocenters. The zero-order valence-electron chi connectivity index (χ0n) is 11.2. The van der Waals surface area contributed by atoms with E-state index >= 15 is 0 Å². The lowest BCUT2D eigenvalue weighted by Gasteiger charge is -2.00. The maximum atomic E-state index is 3.83. The van der Waals surface area contributed by atoms with E-state index in [0.29, 0.717) is 0 Å². The fourth-order valence-corrected chi connectivity index (χ4v) is 1.07. The summed E-state index contributed by atoms with van der Waals surface area (Å²) < 4.78 is 0. The van der Waals surface area contributed by atoms with Crippen LogP contribution >= 0.6 is 0 Å². The molecule has 0 saturated heterocycles. The van der Waals surface area contributed by atoms with E-state index in [4.69, 9.17) is 0 Å². The van der Waals surface area contributed by atoms with E-state index in [1.54, 1.807) is 0 Å². The topological polar surface area (TPSA) is 0 Å². The Bertz CT molecular complexity index is 409. The third-order valence-corrected chi connectivity index (χ3v) is 2.44. The van der Waals surface area contributed by atoms with Gasteiger partial charge in [-0.25, -0.2) is 0 Å². The van der Waals surface area contributed by atoms with Crippen molar-refractivity contribution in [2.75, 3.05) is 0 Å². The number of hydrogen-bond donors (Lipinski definition) is 0. The van der Waals surface area contributed by atoms with Crippen molar-refractivity contribution in [3.63, 3.8) is 0 Å². The van der Waals surface area contributed by atoms with Gasteiger partial charge in [-0.2, -0.15) is 0 Å². The SMILES string of the molecule is C=C\C(C)=C/C=C(C)/C(C=C)=C/C=C(/C)C=C. The summed E-state index contributed by atoms with van der Waals surface area (Å²) in [6.45, 7) is 17.4. The van der Waals surface area contributed by atoms with Gasteiger partial charge in [-0.1, -0.05) is 73.4 Å². The van der Waals surface area contributed by atoms with Gasteiger partial charge in [0.2, 0.25) is 0 Å². The predicted octanol–water partition coefficient (Wildman–Crippen LogP) is 5.31. The van der Waals surface area contributed by atoms with E-state index < -0.39 is 0 Å². The molecule has 0 aliphatic carbocycles. The molecule has 0 rings (SSSR count). The first-order chi connectivity index (χ1) is 8.04. The van der Waals surface area contributed by atoms with Crippen LogP contribution in [-0.4, -0.2) is 0 Å². The Morgan fingerprint density at radius 3 is 1.53 bits per heavy atom. The minimum absolute atomic E-state index is 1.11. The highest BCUT2D eigenvalue weighted by molar-refractivity contribution is 5.43. The van der Waals surface area contributed by atoms with Crippen molar-refractivity contribution in [2.45, 2.75) is 20.8 Å². The molecule has 0 heterocycles. The van der Waals surface area contributed by atoms with Gasteiger partial charge < -0.3 is 0 Å². The Hall–Kier alpha value is -1.82. The largest absolute Gasteiger partial charge is 0.0988 e. The number of allylic oxidation sites excluding steroid dienone is 11. The molecule has 0 nitrogen and oxygen atoms in total. The Balaban J connectivity index is 5.08. The molecule has 90 valence electrons. The second-order valence-corrected chi connectivity index (χ2v) is 3.91. The maximum absolute atomic E-state index is 3.83. The highest BCUT2D eigenvalue weighted by Crippen LogP contribution is 2.12. The molecule has 0 N–H and O–H groups in total. The number of rotatable bonds is 6. The van der Waals surface area contributed by atoms with Crippen LogP contribution in [0.25, 0.3) is 0 Å². The molecule has 0 fully saturated rings. The Morgan fingerprint density at radius 1 is 0.647 bits per heavy atom. The highest BCUT2D eigenvalue weighted by atomic mass is 14.0. The normalized spacial score (nSPS) is 14.5. The lowest BCUT2D eigenvalue weighted by molar-refractivity contribution is 1.41. The molecule has 0 aromatic heterocycles. The van der Waals surface area contributed by atoms with Crippen molar-refractivity contribution < 1.29 is 0 Å². The van der Waals surface area contributed by atoms with Crippen LogP contribution in [0.4, 0.5) is 0 Å². The van der Waals surface area contributed by atoms with Gasteiger partial charge in [-0.15, -0.1) is 0 Å². The lowest BCUT2D eigenvalue weighted by Crippen LogP contribution is -1.80.